The van der Waals surface area contributed by atoms with Crippen LogP contribution in [0.4, 0.5) is 17.3 Å². The van der Waals surface area contributed by atoms with Crippen LogP contribution in [0.15, 0.2) is 6.33 Å². The maximum Gasteiger partial charge on any atom is 0.353 e. The highest BCUT2D eigenvalue weighted by Crippen LogP contribution is 2.35. The molecule has 0 unspecified atom stereocenters. The summed E-state index contributed by atoms with van der Waals surface area (Å²) in [6, 6.07) is 0. The molecule has 0 atom stereocenters. The topological polar surface area (TPSA) is 121 Å². The average molecular weight is 323 g/mol. The van der Waals surface area contributed by atoms with Crippen molar-refractivity contribution in [1.29, 1.82) is 0 Å². The summed E-state index contributed by atoms with van der Waals surface area (Å²) in [7, 11) is 0. The predicted octanol–water partition coefficient (Wildman–Crippen LogP) is 1.90. The lowest BCUT2D eigenvalue weighted by Crippen LogP contribution is -2.37. The first-order chi connectivity index (χ1) is 10.7. The molecular formula is C14H21N5O4. The summed E-state index contributed by atoms with van der Waals surface area (Å²) in [5.41, 5.74) is -0.552. The second-order valence-electron chi connectivity index (χ2n) is 6.63. The number of anilines is 2. The largest absolute Gasteiger partial charge is 0.481 e. The molecular weight excluding hydrogens is 302 g/mol. The van der Waals surface area contributed by atoms with Crippen molar-refractivity contribution in [3.05, 3.63) is 16.4 Å². The van der Waals surface area contributed by atoms with E-state index in [4.69, 9.17) is 5.11 Å². The van der Waals surface area contributed by atoms with Crippen LogP contribution in [-0.2, 0) is 4.79 Å². The molecule has 0 spiro atoms. The van der Waals surface area contributed by atoms with E-state index in [2.05, 4.69) is 15.3 Å². The zero-order valence-electron chi connectivity index (χ0n) is 13.4. The Morgan fingerprint density at radius 2 is 2.00 bits per heavy atom. The Morgan fingerprint density at radius 1 is 1.39 bits per heavy atom. The van der Waals surface area contributed by atoms with Crippen LogP contribution < -0.4 is 10.2 Å². The van der Waals surface area contributed by atoms with Gasteiger partial charge < -0.3 is 15.3 Å². The highest BCUT2D eigenvalue weighted by atomic mass is 16.6. The zero-order valence-corrected chi connectivity index (χ0v) is 13.4. The molecule has 9 nitrogen and oxygen atoms in total. The number of aliphatic carboxylic acids is 1. The molecule has 23 heavy (non-hydrogen) atoms. The highest BCUT2D eigenvalue weighted by Gasteiger charge is 2.32. The molecule has 0 bridgehead atoms. The monoisotopic (exact) mass is 323 g/mol. The molecule has 126 valence electrons. The molecule has 1 aromatic rings. The number of carboxylic acid groups (broad SMARTS) is 1. The van der Waals surface area contributed by atoms with E-state index in [1.54, 1.807) is 4.90 Å². The van der Waals surface area contributed by atoms with Crippen LogP contribution in [0.3, 0.4) is 0 Å². The van der Waals surface area contributed by atoms with Gasteiger partial charge in [-0.25, -0.2) is 9.97 Å². The number of carboxylic acids is 1. The van der Waals surface area contributed by atoms with E-state index in [1.807, 2.05) is 20.8 Å². The van der Waals surface area contributed by atoms with Crippen molar-refractivity contribution in [2.75, 3.05) is 23.3 Å². The van der Waals surface area contributed by atoms with Crippen molar-refractivity contribution < 1.29 is 14.8 Å². The lowest BCUT2D eigenvalue weighted by Gasteiger charge is -2.31. The van der Waals surface area contributed by atoms with Crippen molar-refractivity contribution >= 4 is 23.3 Å². The third-order valence-corrected chi connectivity index (χ3v) is 3.62. The van der Waals surface area contributed by atoms with Gasteiger partial charge in [-0.05, 0) is 33.6 Å². The first-order valence-electron chi connectivity index (χ1n) is 7.44. The van der Waals surface area contributed by atoms with Crippen LogP contribution in [-0.4, -0.2) is 44.6 Å². The summed E-state index contributed by atoms with van der Waals surface area (Å²) in [4.78, 5) is 31.9. The Balaban J connectivity index is 2.30. The SMILES string of the molecule is CC(C)(C)Nc1ncnc(N2CCC(C(=O)O)CC2)c1[N+](=O)[O-]. The molecule has 0 aliphatic carbocycles. The molecule has 0 aromatic carbocycles. The van der Waals surface area contributed by atoms with Gasteiger partial charge in [-0.2, -0.15) is 0 Å². The van der Waals surface area contributed by atoms with Gasteiger partial charge in [0.05, 0.1) is 10.8 Å². The minimum absolute atomic E-state index is 0.170. The number of piperidine rings is 1. The Morgan fingerprint density at radius 3 is 2.48 bits per heavy atom. The molecule has 1 saturated heterocycles. The van der Waals surface area contributed by atoms with Gasteiger partial charge in [-0.3, -0.25) is 14.9 Å². The number of nitro groups is 1. The molecule has 0 radical (unpaired) electrons. The van der Waals surface area contributed by atoms with E-state index >= 15 is 0 Å². The Kier molecular flexibility index (Phi) is 4.67. The van der Waals surface area contributed by atoms with E-state index in [0.29, 0.717) is 25.9 Å². The number of nitrogens with zero attached hydrogens (tertiary/aromatic N) is 4. The third-order valence-electron chi connectivity index (χ3n) is 3.62. The van der Waals surface area contributed by atoms with Crippen LogP contribution in [0, 0.1) is 16.0 Å². The van der Waals surface area contributed by atoms with Crippen molar-refractivity contribution in [2.24, 2.45) is 5.92 Å². The van der Waals surface area contributed by atoms with Gasteiger partial charge in [0.15, 0.2) is 0 Å². The van der Waals surface area contributed by atoms with Gasteiger partial charge in [-0.15, -0.1) is 0 Å². The summed E-state index contributed by atoms with van der Waals surface area (Å²) in [5.74, 6) is -0.815. The average Bonchev–Trinajstić information content (AvgIpc) is 2.45. The minimum Gasteiger partial charge on any atom is -0.481 e. The molecule has 2 heterocycles. The molecule has 0 saturated carbocycles. The quantitative estimate of drug-likeness (QED) is 0.636. The smallest absolute Gasteiger partial charge is 0.353 e. The minimum atomic E-state index is -0.822. The van der Waals surface area contributed by atoms with Gasteiger partial charge in [0, 0.05) is 18.6 Å². The number of carbonyl (C=O) groups is 1. The van der Waals surface area contributed by atoms with Crippen LogP contribution in [0.2, 0.25) is 0 Å². The predicted molar refractivity (Wildman–Crippen MR) is 84.6 cm³/mol. The van der Waals surface area contributed by atoms with Gasteiger partial charge in [0.2, 0.25) is 11.6 Å². The molecule has 9 heteroatoms. The third kappa shape index (κ3) is 4.05. The first kappa shape index (κ1) is 16.9. The number of rotatable bonds is 4. The van der Waals surface area contributed by atoms with Gasteiger partial charge >= 0.3 is 11.7 Å². The lowest BCUT2D eigenvalue weighted by molar-refractivity contribution is -0.383. The maximum absolute atomic E-state index is 11.5. The first-order valence-corrected chi connectivity index (χ1v) is 7.44. The summed E-state index contributed by atoms with van der Waals surface area (Å²) < 4.78 is 0. The van der Waals surface area contributed by atoms with Gasteiger partial charge in [-0.1, -0.05) is 0 Å². The summed E-state index contributed by atoms with van der Waals surface area (Å²) >= 11 is 0. The highest BCUT2D eigenvalue weighted by molar-refractivity contribution is 5.72. The molecule has 2 rings (SSSR count). The molecule has 1 aliphatic heterocycles. The summed E-state index contributed by atoms with van der Waals surface area (Å²) in [6.07, 6.45) is 2.18. The van der Waals surface area contributed by atoms with Crippen molar-refractivity contribution in [2.45, 2.75) is 39.2 Å². The molecule has 1 aromatic heterocycles. The van der Waals surface area contributed by atoms with E-state index in [1.165, 1.54) is 6.33 Å². The van der Waals surface area contributed by atoms with Gasteiger partial charge in [0.1, 0.15) is 6.33 Å². The van der Waals surface area contributed by atoms with Gasteiger partial charge in [0.25, 0.3) is 0 Å². The summed E-state index contributed by atoms with van der Waals surface area (Å²) in [6.45, 7) is 6.50. The van der Waals surface area contributed by atoms with E-state index in [9.17, 15) is 14.9 Å². The van der Waals surface area contributed by atoms with Crippen LogP contribution in [0.5, 0.6) is 0 Å². The second-order valence-corrected chi connectivity index (χ2v) is 6.63. The van der Waals surface area contributed by atoms with Crippen molar-refractivity contribution in [3.63, 3.8) is 0 Å². The normalized spacial score (nSPS) is 16.2. The fraction of sp³-hybridized carbons (Fsp3) is 0.643. The van der Waals surface area contributed by atoms with E-state index < -0.39 is 16.8 Å². The van der Waals surface area contributed by atoms with Crippen molar-refractivity contribution in [3.8, 4) is 0 Å². The standard InChI is InChI=1S/C14H21N5O4/c1-14(2,3)17-11-10(19(22)23)12(16-8-15-11)18-6-4-9(5-7-18)13(20)21/h8-9H,4-7H2,1-3H3,(H,20,21)(H,15,16,17). The Hall–Kier alpha value is -2.45. The van der Waals surface area contributed by atoms with E-state index in [0.717, 1.165) is 0 Å². The summed E-state index contributed by atoms with van der Waals surface area (Å²) in [5, 5.41) is 23.6. The second kappa shape index (κ2) is 6.35. The molecule has 1 aliphatic rings. The molecule has 2 N–H and O–H groups in total. The number of nitrogens with one attached hydrogen (secondary N) is 1. The van der Waals surface area contributed by atoms with Crippen molar-refractivity contribution in [1.82, 2.24) is 9.97 Å². The fourth-order valence-electron chi connectivity index (χ4n) is 2.55. The van der Waals surface area contributed by atoms with Crippen LogP contribution in [0.25, 0.3) is 0 Å². The van der Waals surface area contributed by atoms with Crippen LogP contribution in [0.1, 0.15) is 33.6 Å². The maximum atomic E-state index is 11.5. The Bertz CT molecular complexity index is 606. The zero-order chi connectivity index (χ0) is 17.2. The van der Waals surface area contributed by atoms with Crippen LogP contribution >= 0.6 is 0 Å². The fourth-order valence-corrected chi connectivity index (χ4v) is 2.55. The number of aromatic nitrogens is 2. The lowest BCUT2D eigenvalue weighted by atomic mass is 9.97. The van der Waals surface area contributed by atoms with E-state index in [-0.39, 0.29) is 22.9 Å². The molecule has 0 amide bonds. The number of hydrogen-bond acceptors (Lipinski definition) is 7. The molecule has 1 fully saturated rings. The number of hydrogen-bond donors (Lipinski definition) is 2. The Labute approximate surface area is 133 Å².